The van der Waals surface area contributed by atoms with Crippen LogP contribution in [0, 0.1) is 19.7 Å². The van der Waals surface area contributed by atoms with E-state index in [0.717, 1.165) is 22.7 Å². The standard InChI is InChI=1S/C16H16FN5S/c1-10-11(2)23-15(20-10)7-8-18-16-21-14(9-19-22-16)12-3-5-13(17)6-4-12/h3-6,9H,7-8H2,1-2H3,(H,18,21,22). The van der Waals surface area contributed by atoms with Crippen LogP contribution in [0.25, 0.3) is 11.3 Å². The Morgan fingerprint density at radius 2 is 1.91 bits per heavy atom. The fourth-order valence-electron chi connectivity index (χ4n) is 2.07. The fourth-order valence-corrected chi connectivity index (χ4v) is 3.00. The highest BCUT2D eigenvalue weighted by Gasteiger charge is 2.06. The van der Waals surface area contributed by atoms with Crippen LogP contribution in [0.2, 0.25) is 0 Å². The second-order valence-electron chi connectivity index (χ2n) is 5.10. The number of hydrogen-bond acceptors (Lipinski definition) is 6. The Bertz CT molecular complexity index is 781. The fraction of sp³-hybridized carbons (Fsp3) is 0.250. The molecule has 0 bridgehead atoms. The van der Waals surface area contributed by atoms with E-state index in [1.807, 2.05) is 6.92 Å². The first kappa shape index (κ1) is 15.5. The summed E-state index contributed by atoms with van der Waals surface area (Å²) in [6.45, 7) is 4.77. The van der Waals surface area contributed by atoms with Crippen LogP contribution in [0.1, 0.15) is 15.6 Å². The molecule has 3 rings (SSSR count). The van der Waals surface area contributed by atoms with Crippen LogP contribution >= 0.6 is 11.3 Å². The van der Waals surface area contributed by atoms with E-state index in [1.165, 1.54) is 17.0 Å². The summed E-state index contributed by atoms with van der Waals surface area (Å²) < 4.78 is 13.0. The highest BCUT2D eigenvalue weighted by molar-refractivity contribution is 7.11. The molecule has 23 heavy (non-hydrogen) atoms. The van der Waals surface area contributed by atoms with Gasteiger partial charge in [0.1, 0.15) is 5.82 Å². The van der Waals surface area contributed by atoms with Gasteiger partial charge in [0, 0.05) is 23.4 Å². The molecule has 0 saturated heterocycles. The lowest BCUT2D eigenvalue weighted by Gasteiger charge is -2.05. The third kappa shape index (κ3) is 3.87. The summed E-state index contributed by atoms with van der Waals surface area (Å²) in [5.41, 5.74) is 2.54. The van der Waals surface area contributed by atoms with Crippen LogP contribution in [0.4, 0.5) is 10.3 Å². The summed E-state index contributed by atoms with van der Waals surface area (Å²) in [7, 11) is 0. The van der Waals surface area contributed by atoms with Gasteiger partial charge in [-0.3, -0.25) is 0 Å². The quantitative estimate of drug-likeness (QED) is 0.777. The normalized spacial score (nSPS) is 10.7. The molecule has 2 heterocycles. The average Bonchev–Trinajstić information content (AvgIpc) is 2.87. The molecular weight excluding hydrogens is 313 g/mol. The molecule has 3 aromatic rings. The van der Waals surface area contributed by atoms with Gasteiger partial charge in [0.15, 0.2) is 0 Å². The molecule has 1 aromatic carbocycles. The van der Waals surface area contributed by atoms with Crippen molar-refractivity contribution < 1.29 is 4.39 Å². The van der Waals surface area contributed by atoms with E-state index in [1.54, 1.807) is 29.7 Å². The van der Waals surface area contributed by atoms with Crippen LogP contribution in [-0.2, 0) is 6.42 Å². The van der Waals surface area contributed by atoms with Crippen LogP contribution in [0.3, 0.4) is 0 Å². The smallest absolute Gasteiger partial charge is 0.243 e. The molecule has 0 amide bonds. The summed E-state index contributed by atoms with van der Waals surface area (Å²) in [5.74, 6) is 0.181. The van der Waals surface area contributed by atoms with Crippen molar-refractivity contribution in [3.8, 4) is 11.3 Å². The van der Waals surface area contributed by atoms with Crippen molar-refractivity contribution in [3.05, 3.63) is 51.9 Å². The van der Waals surface area contributed by atoms with Crippen molar-refractivity contribution >= 4 is 17.3 Å². The lowest BCUT2D eigenvalue weighted by Crippen LogP contribution is -2.09. The third-order valence-electron chi connectivity index (χ3n) is 3.39. The maximum Gasteiger partial charge on any atom is 0.243 e. The van der Waals surface area contributed by atoms with Gasteiger partial charge in [0.25, 0.3) is 0 Å². The predicted octanol–water partition coefficient (Wildman–Crippen LogP) is 3.41. The zero-order valence-corrected chi connectivity index (χ0v) is 13.7. The maximum atomic E-state index is 13.0. The third-order valence-corrected chi connectivity index (χ3v) is 4.53. The van der Waals surface area contributed by atoms with Crippen molar-refractivity contribution in [3.63, 3.8) is 0 Å². The van der Waals surface area contributed by atoms with Gasteiger partial charge >= 0.3 is 0 Å². The largest absolute Gasteiger partial charge is 0.352 e. The van der Waals surface area contributed by atoms with Gasteiger partial charge in [0.05, 0.1) is 22.6 Å². The van der Waals surface area contributed by atoms with Crippen molar-refractivity contribution in [2.45, 2.75) is 20.3 Å². The number of benzene rings is 1. The molecular formula is C16H16FN5S. The monoisotopic (exact) mass is 329 g/mol. The van der Waals surface area contributed by atoms with E-state index in [4.69, 9.17) is 0 Å². The van der Waals surface area contributed by atoms with E-state index < -0.39 is 0 Å². The molecule has 2 aromatic heterocycles. The van der Waals surface area contributed by atoms with E-state index >= 15 is 0 Å². The Morgan fingerprint density at radius 1 is 1.13 bits per heavy atom. The molecule has 0 aliphatic carbocycles. The van der Waals surface area contributed by atoms with Gasteiger partial charge in [-0.15, -0.1) is 16.4 Å². The Balaban J connectivity index is 1.64. The topological polar surface area (TPSA) is 63.6 Å². The molecule has 0 aliphatic rings. The number of aryl methyl sites for hydroxylation is 2. The second kappa shape index (κ2) is 6.78. The predicted molar refractivity (Wildman–Crippen MR) is 89.0 cm³/mol. The minimum atomic E-state index is -0.275. The SMILES string of the molecule is Cc1nc(CCNc2nncc(-c3ccc(F)cc3)n2)sc1C. The Kier molecular flexibility index (Phi) is 4.57. The van der Waals surface area contributed by atoms with E-state index in [2.05, 4.69) is 32.4 Å². The molecule has 1 N–H and O–H groups in total. The number of halogens is 1. The molecule has 7 heteroatoms. The molecule has 5 nitrogen and oxygen atoms in total. The lowest BCUT2D eigenvalue weighted by atomic mass is 10.2. The first-order valence-corrected chi connectivity index (χ1v) is 8.06. The van der Waals surface area contributed by atoms with E-state index in [9.17, 15) is 4.39 Å². The van der Waals surface area contributed by atoms with Crippen molar-refractivity contribution in [1.82, 2.24) is 20.2 Å². The maximum absolute atomic E-state index is 13.0. The zero-order chi connectivity index (χ0) is 16.2. The minimum absolute atomic E-state index is 0.275. The number of hydrogen-bond donors (Lipinski definition) is 1. The molecule has 0 saturated carbocycles. The molecule has 0 spiro atoms. The number of nitrogens with one attached hydrogen (secondary N) is 1. The van der Waals surface area contributed by atoms with Crippen LogP contribution < -0.4 is 5.32 Å². The Hall–Kier alpha value is -2.41. The highest BCUT2D eigenvalue weighted by atomic mass is 32.1. The second-order valence-corrected chi connectivity index (χ2v) is 6.39. The van der Waals surface area contributed by atoms with Crippen LogP contribution in [0.15, 0.2) is 30.5 Å². The summed E-state index contributed by atoms with van der Waals surface area (Å²) in [5, 5.41) is 12.2. The minimum Gasteiger partial charge on any atom is -0.352 e. The Morgan fingerprint density at radius 3 is 2.61 bits per heavy atom. The number of anilines is 1. The van der Waals surface area contributed by atoms with Gasteiger partial charge in [0.2, 0.25) is 5.95 Å². The molecule has 0 atom stereocenters. The van der Waals surface area contributed by atoms with Crippen molar-refractivity contribution in [2.75, 3.05) is 11.9 Å². The van der Waals surface area contributed by atoms with Gasteiger partial charge in [-0.05, 0) is 38.1 Å². The molecule has 0 radical (unpaired) electrons. The summed E-state index contributed by atoms with van der Waals surface area (Å²) >= 11 is 1.71. The first-order valence-electron chi connectivity index (χ1n) is 7.24. The summed E-state index contributed by atoms with van der Waals surface area (Å²) in [4.78, 5) is 10.2. The molecule has 118 valence electrons. The Labute approximate surface area is 137 Å². The lowest BCUT2D eigenvalue weighted by molar-refractivity contribution is 0.628. The van der Waals surface area contributed by atoms with E-state index in [-0.39, 0.29) is 5.82 Å². The van der Waals surface area contributed by atoms with Gasteiger partial charge in [-0.2, -0.15) is 5.10 Å². The highest BCUT2D eigenvalue weighted by Crippen LogP contribution is 2.18. The van der Waals surface area contributed by atoms with Crippen LogP contribution in [0.5, 0.6) is 0 Å². The number of aromatic nitrogens is 4. The summed E-state index contributed by atoms with van der Waals surface area (Å²) in [6, 6.07) is 6.14. The number of nitrogens with zero attached hydrogens (tertiary/aromatic N) is 4. The summed E-state index contributed by atoms with van der Waals surface area (Å²) in [6.07, 6.45) is 2.37. The zero-order valence-electron chi connectivity index (χ0n) is 12.9. The van der Waals surface area contributed by atoms with Crippen molar-refractivity contribution in [2.24, 2.45) is 0 Å². The molecule has 0 unspecified atom stereocenters. The van der Waals surface area contributed by atoms with E-state index in [0.29, 0.717) is 18.2 Å². The van der Waals surface area contributed by atoms with Crippen LogP contribution in [-0.4, -0.2) is 26.7 Å². The van der Waals surface area contributed by atoms with Gasteiger partial charge < -0.3 is 5.32 Å². The number of rotatable bonds is 5. The molecule has 0 aliphatic heterocycles. The van der Waals surface area contributed by atoms with Crippen molar-refractivity contribution in [1.29, 1.82) is 0 Å². The number of thiazole rings is 1. The first-order chi connectivity index (χ1) is 11.1. The average molecular weight is 329 g/mol. The van der Waals surface area contributed by atoms with Gasteiger partial charge in [-0.1, -0.05) is 0 Å². The molecule has 0 fully saturated rings. The van der Waals surface area contributed by atoms with Gasteiger partial charge in [-0.25, -0.2) is 14.4 Å².